The molecular formula is C20H28N4. The van der Waals surface area contributed by atoms with Gasteiger partial charge in [-0.15, -0.1) is 0 Å². The molecule has 2 aliphatic heterocycles. The minimum atomic E-state index is 0.491. The van der Waals surface area contributed by atoms with E-state index >= 15 is 0 Å². The van der Waals surface area contributed by atoms with E-state index in [2.05, 4.69) is 53.9 Å². The molecule has 1 fully saturated rings. The second-order valence-electron chi connectivity index (χ2n) is 7.21. The Morgan fingerprint density at radius 1 is 1.21 bits per heavy atom. The zero-order valence-electron chi connectivity index (χ0n) is 15.1. The van der Waals surface area contributed by atoms with Gasteiger partial charge < -0.3 is 5.32 Å². The van der Waals surface area contributed by atoms with Crippen molar-refractivity contribution < 1.29 is 0 Å². The van der Waals surface area contributed by atoms with Crippen molar-refractivity contribution in [3.8, 4) is 5.69 Å². The number of rotatable bonds is 3. The molecule has 1 atom stereocenters. The summed E-state index contributed by atoms with van der Waals surface area (Å²) in [5.74, 6) is 1.22. The number of hydrogen-bond donors (Lipinski definition) is 1. The second kappa shape index (κ2) is 6.25. The lowest BCUT2D eigenvalue weighted by Gasteiger charge is -2.34. The summed E-state index contributed by atoms with van der Waals surface area (Å²) in [7, 11) is 0. The summed E-state index contributed by atoms with van der Waals surface area (Å²) >= 11 is 0. The van der Waals surface area contributed by atoms with E-state index in [1.54, 1.807) is 0 Å². The van der Waals surface area contributed by atoms with Crippen LogP contribution in [0.5, 0.6) is 0 Å². The van der Waals surface area contributed by atoms with Crippen LogP contribution in [0.3, 0.4) is 0 Å². The number of nitrogens with one attached hydrogen (secondary N) is 1. The Labute approximate surface area is 144 Å². The highest BCUT2D eigenvalue weighted by Crippen LogP contribution is 2.38. The van der Waals surface area contributed by atoms with Gasteiger partial charge in [0.1, 0.15) is 5.82 Å². The van der Waals surface area contributed by atoms with Gasteiger partial charge in [0.05, 0.1) is 17.4 Å². The fourth-order valence-corrected chi connectivity index (χ4v) is 4.19. The second-order valence-corrected chi connectivity index (χ2v) is 7.21. The molecule has 1 saturated heterocycles. The number of nitrogens with zero attached hydrogens (tertiary/aromatic N) is 3. The number of likely N-dealkylation sites (tertiary alicyclic amines) is 1. The molecule has 1 N–H and O–H groups in total. The van der Waals surface area contributed by atoms with Crippen LogP contribution < -0.4 is 5.32 Å². The van der Waals surface area contributed by atoms with Crippen molar-refractivity contribution in [1.82, 2.24) is 14.7 Å². The molecule has 4 heteroatoms. The van der Waals surface area contributed by atoms with Crippen molar-refractivity contribution in [2.75, 3.05) is 25.0 Å². The van der Waals surface area contributed by atoms with E-state index in [0.29, 0.717) is 6.04 Å². The van der Waals surface area contributed by atoms with Crippen molar-refractivity contribution >= 4 is 5.82 Å². The molecule has 0 bridgehead atoms. The van der Waals surface area contributed by atoms with Crippen molar-refractivity contribution in [3.63, 3.8) is 0 Å². The highest BCUT2D eigenvalue weighted by Gasteiger charge is 2.31. The highest BCUT2D eigenvalue weighted by atomic mass is 15.4. The standard InChI is InChI=1S/C20H28N4/c1-4-23-12-6-5-7-18(23)19-17-10-11-21-20(17)24(22-19)16-9-8-14(2)15(3)13-16/h8-9,13,18,21H,4-7,10-12H2,1-3H3. The largest absolute Gasteiger partial charge is 0.369 e. The van der Waals surface area contributed by atoms with E-state index in [1.807, 2.05) is 0 Å². The Morgan fingerprint density at radius 2 is 2.08 bits per heavy atom. The average molecular weight is 324 g/mol. The van der Waals surface area contributed by atoms with Crippen molar-refractivity contribution in [3.05, 3.63) is 40.6 Å². The maximum Gasteiger partial charge on any atom is 0.133 e. The van der Waals surface area contributed by atoms with Crippen LogP contribution in [0.2, 0.25) is 0 Å². The van der Waals surface area contributed by atoms with Gasteiger partial charge in [-0.25, -0.2) is 4.68 Å². The lowest BCUT2D eigenvalue weighted by atomic mass is 9.96. The van der Waals surface area contributed by atoms with Crippen LogP contribution in [0.1, 0.15) is 54.6 Å². The summed E-state index contributed by atoms with van der Waals surface area (Å²) in [5.41, 5.74) is 6.59. The monoisotopic (exact) mass is 324 g/mol. The van der Waals surface area contributed by atoms with E-state index in [4.69, 9.17) is 5.10 Å². The number of piperidine rings is 1. The summed E-state index contributed by atoms with van der Waals surface area (Å²) in [4.78, 5) is 2.61. The lowest BCUT2D eigenvalue weighted by Crippen LogP contribution is -2.33. The fraction of sp³-hybridized carbons (Fsp3) is 0.550. The Hall–Kier alpha value is -1.81. The van der Waals surface area contributed by atoms with E-state index in [1.165, 1.54) is 59.7 Å². The number of fused-ring (bicyclic) bond motifs is 1. The Kier molecular flexibility index (Phi) is 4.09. The maximum atomic E-state index is 5.11. The highest BCUT2D eigenvalue weighted by molar-refractivity contribution is 5.58. The Balaban J connectivity index is 1.78. The molecule has 4 rings (SSSR count). The number of hydrogen-bond acceptors (Lipinski definition) is 3. The quantitative estimate of drug-likeness (QED) is 0.926. The molecule has 1 aromatic heterocycles. The molecule has 4 nitrogen and oxygen atoms in total. The summed E-state index contributed by atoms with van der Waals surface area (Å²) in [6.07, 6.45) is 4.98. The van der Waals surface area contributed by atoms with Gasteiger partial charge in [-0.1, -0.05) is 19.4 Å². The molecule has 0 aliphatic carbocycles. The van der Waals surface area contributed by atoms with Gasteiger partial charge >= 0.3 is 0 Å². The predicted octanol–water partition coefficient (Wildman–Crippen LogP) is 4.00. The van der Waals surface area contributed by atoms with Crippen LogP contribution >= 0.6 is 0 Å². The van der Waals surface area contributed by atoms with Crippen LogP contribution in [0.4, 0.5) is 5.82 Å². The molecule has 0 saturated carbocycles. The van der Waals surface area contributed by atoms with Gasteiger partial charge in [0.15, 0.2) is 0 Å². The van der Waals surface area contributed by atoms with Crippen LogP contribution in [0.15, 0.2) is 18.2 Å². The average Bonchev–Trinajstić information content (AvgIpc) is 3.20. The fourth-order valence-electron chi connectivity index (χ4n) is 4.19. The third kappa shape index (κ3) is 2.53. The lowest BCUT2D eigenvalue weighted by molar-refractivity contribution is 0.153. The molecule has 1 unspecified atom stereocenters. The van der Waals surface area contributed by atoms with Crippen LogP contribution in [0, 0.1) is 13.8 Å². The third-order valence-corrected chi connectivity index (χ3v) is 5.75. The first-order valence-corrected chi connectivity index (χ1v) is 9.36. The van der Waals surface area contributed by atoms with Gasteiger partial charge in [-0.05, 0) is 69.5 Å². The van der Waals surface area contributed by atoms with Gasteiger partial charge in [-0.3, -0.25) is 4.90 Å². The number of anilines is 1. The normalized spacial score (nSPS) is 20.9. The zero-order valence-corrected chi connectivity index (χ0v) is 15.1. The van der Waals surface area contributed by atoms with Crippen molar-refractivity contribution in [2.45, 2.75) is 52.5 Å². The van der Waals surface area contributed by atoms with E-state index in [0.717, 1.165) is 19.5 Å². The van der Waals surface area contributed by atoms with Crippen LogP contribution in [-0.2, 0) is 6.42 Å². The van der Waals surface area contributed by atoms with Crippen molar-refractivity contribution in [2.24, 2.45) is 0 Å². The first kappa shape index (κ1) is 15.7. The summed E-state index contributed by atoms with van der Waals surface area (Å²) < 4.78 is 2.15. The van der Waals surface area contributed by atoms with Crippen LogP contribution in [0.25, 0.3) is 5.69 Å². The van der Waals surface area contributed by atoms with Gasteiger partial charge in [-0.2, -0.15) is 5.10 Å². The molecule has 3 heterocycles. The number of aromatic nitrogens is 2. The molecule has 1 aromatic carbocycles. The first-order chi connectivity index (χ1) is 11.7. The Morgan fingerprint density at radius 3 is 2.88 bits per heavy atom. The SMILES string of the molecule is CCN1CCCCC1c1nn(-c2ccc(C)c(C)c2)c2c1CCN2. The molecule has 0 radical (unpaired) electrons. The Bertz CT molecular complexity index is 746. The van der Waals surface area contributed by atoms with Gasteiger partial charge in [0, 0.05) is 12.1 Å². The van der Waals surface area contributed by atoms with E-state index in [-0.39, 0.29) is 0 Å². The predicted molar refractivity (Wildman–Crippen MR) is 99.1 cm³/mol. The molecular weight excluding hydrogens is 296 g/mol. The minimum absolute atomic E-state index is 0.491. The van der Waals surface area contributed by atoms with Gasteiger partial charge in [0.2, 0.25) is 0 Å². The zero-order chi connectivity index (χ0) is 16.7. The number of benzene rings is 1. The van der Waals surface area contributed by atoms with Gasteiger partial charge in [0.25, 0.3) is 0 Å². The topological polar surface area (TPSA) is 33.1 Å². The molecule has 0 amide bonds. The minimum Gasteiger partial charge on any atom is -0.369 e. The van der Waals surface area contributed by atoms with Crippen LogP contribution in [-0.4, -0.2) is 34.3 Å². The summed E-state index contributed by atoms with van der Waals surface area (Å²) in [6, 6.07) is 7.14. The maximum absolute atomic E-state index is 5.11. The van der Waals surface area contributed by atoms with E-state index < -0.39 is 0 Å². The summed E-state index contributed by atoms with van der Waals surface area (Å²) in [5, 5.41) is 8.68. The molecule has 24 heavy (non-hydrogen) atoms. The molecule has 128 valence electrons. The molecule has 2 aliphatic rings. The van der Waals surface area contributed by atoms with Crippen molar-refractivity contribution in [1.29, 1.82) is 0 Å². The number of aryl methyl sites for hydroxylation is 2. The van der Waals surface area contributed by atoms with E-state index in [9.17, 15) is 0 Å². The third-order valence-electron chi connectivity index (χ3n) is 5.75. The molecule has 2 aromatic rings. The summed E-state index contributed by atoms with van der Waals surface area (Å²) in [6.45, 7) is 9.97. The smallest absolute Gasteiger partial charge is 0.133 e. The molecule has 0 spiro atoms. The first-order valence-electron chi connectivity index (χ1n) is 9.36.